The van der Waals surface area contributed by atoms with E-state index >= 15 is 0 Å². The van der Waals surface area contributed by atoms with Crippen molar-refractivity contribution < 1.29 is 0 Å². The fourth-order valence-corrected chi connectivity index (χ4v) is 2.33. The number of aromatic nitrogens is 2. The second kappa shape index (κ2) is 4.92. The van der Waals surface area contributed by atoms with Crippen LogP contribution in [0.1, 0.15) is 19.2 Å². The van der Waals surface area contributed by atoms with Crippen LogP contribution in [-0.2, 0) is 13.5 Å². The molecule has 0 bridgehead atoms. The van der Waals surface area contributed by atoms with Gasteiger partial charge >= 0.3 is 0 Å². The van der Waals surface area contributed by atoms with Gasteiger partial charge in [0.1, 0.15) is 17.3 Å². The number of halogens is 1. The third kappa shape index (κ3) is 2.22. The van der Waals surface area contributed by atoms with Crippen molar-refractivity contribution in [3.05, 3.63) is 34.6 Å². The summed E-state index contributed by atoms with van der Waals surface area (Å²) >= 11 is 3.54. The Labute approximate surface area is 110 Å². The van der Waals surface area contributed by atoms with E-state index in [2.05, 4.69) is 27.8 Å². The number of imidazole rings is 1. The molecule has 2 aromatic rings. The van der Waals surface area contributed by atoms with Gasteiger partial charge in [-0.15, -0.1) is 0 Å². The second-order valence-corrected chi connectivity index (χ2v) is 4.91. The first-order valence-corrected chi connectivity index (χ1v) is 6.50. The summed E-state index contributed by atoms with van der Waals surface area (Å²) in [6.45, 7) is 2.14. The highest BCUT2D eigenvalue weighted by Gasteiger charge is 2.14. The van der Waals surface area contributed by atoms with Crippen molar-refractivity contribution in [2.45, 2.75) is 19.8 Å². The molecule has 0 atom stereocenters. The van der Waals surface area contributed by atoms with Gasteiger partial charge in [-0.05, 0) is 12.5 Å². The number of hydrogen-bond acceptors (Lipinski definition) is 2. The highest BCUT2D eigenvalue weighted by Crippen LogP contribution is 2.31. The molecular weight excluding hydrogens is 278 g/mol. The van der Waals surface area contributed by atoms with Crippen molar-refractivity contribution in [2.75, 3.05) is 5.73 Å². The lowest BCUT2D eigenvalue weighted by Gasteiger charge is -2.02. The minimum atomic E-state index is 0.723. The Bertz CT molecular complexity index is 531. The first kappa shape index (κ1) is 12.2. The van der Waals surface area contributed by atoms with E-state index in [4.69, 9.17) is 5.73 Å². The number of hydrogen-bond donors (Lipinski definition) is 1. The van der Waals surface area contributed by atoms with Crippen LogP contribution in [0.15, 0.2) is 28.7 Å². The molecule has 4 heteroatoms. The maximum Gasteiger partial charge on any atom is 0.131 e. The number of rotatable bonds is 3. The quantitative estimate of drug-likeness (QED) is 0.943. The zero-order valence-electron chi connectivity index (χ0n) is 10.1. The first-order chi connectivity index (χ1) is 8.15. The summed E-state index contributed by atoms with van der Waals surface area (Å²) in [4.78, 5) is 4.64. The number of aryl methyl sites for hydroxylation is 1. The lowest BCUT2D eigenvalue weighted by atomic mass is 10.1. The predicted molar refractivity (Wildman–Crippen MR) is 74.8 cm³/mol. The van der Waals surface area contributed by atoms with Crippen molar-refractivity contribution in [3.63, 3.8) is 0 Å². The molecule has 0 unspecified atom stereocenters. The van der Waals surface area contributed by atoms with Gasteiger partial charge in [0.25, 0.3) is 0 Å². The molecule has 0 aliphatic carbocycles. The smallest absolute Gasteiger partial charge is 0.131 e. The van der Waals surface area contributed by atoms with E-state index in [1.165, 1.54) is 0 Å². The van der Waals surface area contributed by atoms with Crippen molar-refractivity contribution >= 4 is 21.7 Å². The zero-order valence-corrected chi connectivity index (χ0v) is 11.7. The van der Waals surface area contributed by atoms with Crippen LogP contribution in [0, 0.1) is 0 Å². The third-order valence-corrected chi connectivity index (χ3v) is 3.53. The highest BCUT2D eigenvalue weighted by molar-refractivity contribution is 9.10. The van der Waals surface area contributed by atoms with Gasteiger partial charge in [0.15, 0.2) is 0 Å². The molecule has 0 fully saturated rings. The van der Waals surface area contributed by atoms with Gasteiger partial charge in [-0.2, -0.15) is 0 Å². The number of benzene rings is 1. The van der Waals surface area contributed by atoms with Gasteiger partial charge in [0, 0.05) is 23.5 Å². The summed E-state index contributed by atoms with van der Waals surface area (Å²) < 4.78 is 2.99. The SMILES string of the molecule is CCCc1nc(-c2ccccc2Br)c(N)n1C. The molecule has 1 aromatic heterocycles. The van der Waals surface area contributed by atoms with E-state index in [1.807, 2.05) is 35.9 Å². The lowest BCUT2D eigenvalue weighted by molar-refractivity contribution is 0.764. The van der Waals surface area contributed by atoms with Gasteiger partial charge in [0.05, 0.1) is 0 Å². The molecule has 0 radical (unpaired) electrons. The summed E-state index contributed by atoms with van der Waals surface area (Å²) in [5, 5.41) is 0. The summed E-state index contributed by atoms with van der Waals surface area (Å²) in [6, 6.07) is 8.01. The molecule has 17 heavy (non-hydrogen) atoms. The molecule has 0 aliphatic heterocycles. The van der Waals surface area contributed by atoms with Crippen LogP contribution in [0.3, 0.4) is 0 Å². The third-order valence-electron chi connectivity index (χ3n) is 2.83. The van der Waals surface area contributed by atoms with Gasteiger partial charge in [-0.3, -0.25) is 0 Å². The van der Waals surface area contributed by atoms with Crippen LogP contribution in [0.5, 0.6) is 0 Å². The van der Waals surface area contributed by atoms with E-state index in [-0.39, 0.29) is 0 Å². The second-order valence-electron chi connectivity index (χ2n) is 4.05. The molecule has 0 spiro atoms. The maximum absolute atomic E-state index is 6.11. The predicted octanol–water partition coefficient (Wildman–Crippen LogP) is 3.38. The van der Waals surface area contributed by atoms with E-state index < -0.39 is 0 Å². The highest BCUT2D eigenvalue weighted by atomic mass is 79.9. The van der Waals surface area contributed by atoms with Crippen LogP contribution in [0.25, 0.3) is 11.3 Å². The van der Waals surface area contributed by atoms with Crippen LogP contribution in [0.4, 0.5) is 5.82 Å². The molecule has 1 aromatic carbocycles. The molecule has 90 valence electrons. The monoisotopic (exact) mass is 293 g/mol. The van der Waals surface area contributed by atoms with Crippen LogP contribution in [0.2, 0.25) is 0 Å². The number of nitrogen functional groups attached to an aromatic ring is 1. The summed E-state index contributed by atoms with van der Waals surface area (Å²) in [6.07, 6.45) is 2.02. The summed E-state index contributed by atoms with van der Waals surface area (Å²) in [5.41, 5.74) is 8.02. The Morgan fingerprint density at radius 1 is 1.35 bits per heavy atom. The standard InChI is InChI=1S/C13H16BrN3/c1-3-6-11-16-12(13(15)17(11)2)9-7-4-5-8-10(9)14/h4-5,7-8H,3,6,15H2,1-2H3. The fourth-order valence-electron chi connectivity index (χ4n) is 1.86. The van der Waals surface area contributed by atoms with Crippen molar-refractivity contribution in [2.24, 2.45) is 7.05 Å². The minimum absolute atomic E-state index is 0.723. The molecule has 1 heterocycles. The molecule has 0 amide bonds. The topological polar surface area (TPSA) is 43.8 Å². The maximum atomic E-state index is 6.11. The largest absolute Gasteiger partial charge is 0.383 e. The molecule has 3 nitrogen and oxygen atoms in total. The minimum Gasteiger partial charge on any atom is -0.383 e. The van der Waals surface area contributed by atoms with Crippen LogP contribution >= 0.6 is 15.9 Å². The van der Waals surface area contributed by atoms with E-state index in [9.17, 15) is 0 Å². The first-order valence-electron chi connectivity index (χ1n) is 5.71. The average molecular weight is 294 g/mol. The zero-order chi connectivity index (χ0) is 12.4. The Kier molecular flexibility index (Phi) is 3.52. The van der Waals surface area contributed by atoms with Crippen molar-refractivity contribution in [1.29, 1.82) is 0 Å². The summed E-state index contributed by atoms with van der Waals surface area (Å²) in [7, 11) is 1.97. The Morgan fingerprint density at radius 3 is 2.71 bits per heavy atom. The molecule has 0 saturated carbocycles. The van der Waals surface area contributed by atoms with E-state index in [0.717, 1.165) is 40.2 Å². The number of nitrogens with zero attached hydrogens (tertiary/aromatic N) is 2. The normalized spacial score (nSPS) is 10.8. The van der Waals surface area contributed by atoms with Gasteiger partial charge in [0.2, 0.25) is 0 Å². The Hall–Kier alpha value is -1.29. The fraction of sp³-hybridized carbons (Fsp3) is 0.308. The van der Waals surface area contributed by atoms with E-state index in [0.29, 0.717) is 0 Å². The number of anilines is 1. The Balaban J connectivity index is 2.53. The average Bonchev–Trinajstić information content (AvgIpc) is 2.59. The Morgan fingerprint density at radius 2 is 2.06 bits per heavy atom. The summed E-state index contributed by atoms with van der Waals surface area (Å²) in [5.74, 6) is 1.76. The van der Waals surface area contributed by atoms with Crippen molar-refractivity contribution in [1.82, 2.24) is 9.55 Å². The van der Waals surface area contributed by atoms with Crippen molar-refractivity contribution in [3.8, 4) is 11.3 Å². The molecule has 2 rings (SSSR count). The number of nitrogens with two attached hydrogens (primary N) is 1. The molecular formula is C13H16BrN3. The van der Waals surface area contributed by atoms with Gasteiger partial charge in [-0.1, -0.05) is 41.1 Å². The molecule has 0 saturated heterocycles. The van der Waals surface area contributed by atoms with Crippen LogP contribution < -0.4 is 5.73 Å². The van der Waals surface area contributed by atoms with E-state index in [1.54, 1.807) is 0 Å². The van der Waals surface area contributed by atoms with Gasteiger partial charge in [-0.25, -0.2) is 4.98 Å². The van der Waals surface area contributed by atoms with Gasteiger partial charge < -0.3 is 10.3 Å². The molecule has 0 aliphatic rings. The molecule has 2 N–H and O–H groups in total. The van der Waals surface area contributed by atoms with Crippen LogP contribution in [-0.4, -0.2) is 9.55 Å². The lowest BCUT2D eigenvalue weighted by Crippen LogP contribution is -2.01.